The summed E-state index contributed by atoms with van der Waals surface area (Å²) >= 11 is 5.93. The molecule has 3 rings (SSSR count). The smallest absolute Gasteiger partial charge is 0.267 e. The zero-order chi connectivity index (χ0) is 16.6. The van der Waals surface area contributed by atoms with Gasteiger partial charge in [0.2, 0.25) is 5.91 Å². The van der Waals surface area contributed by atoms with Gasteiger partial charge in [-0.25, -0.2) is 4.68 Å². The molecule has 1 aliphatic heterocycles. The van der Waals surface area contributed by atoms with Crippen molar-refractivity contribution in [3.63, 3.8) is 0 Å². The van der Waals surface area contributed by atoms with Crippen LogP contribution in [0, 0.1) is 6.92 Å². The average molecular weight is 334 g/mol. The first-order valence-electron chi connectivity index (χ1n) is 7.22. The van der Waals surface area contributed by atoms with Gasteiger partial charge in [-0.1, -0.05) is 17.7 Å². The van der Waals surface area contributed by atoms with Crippen LogP contribution in [-0.4, -0.2) is 15.7 Å². The van der Waals surface area contributed by atoms with E-state index in [0.717, 1.165) is 15.8 Å². The van der Waals surface area contributed by atoms with Gasteiger partial charge in [0.25, 0.3) is 5.56 Å². The molecule has 2 aromatic rings. The number of hydrogen-bond acceptors (Lipinski definition) is 4. The largest absolute Gasteiger partial charge is 0.367 e. The molecule has 7 heteroatoms. The molecule has 1 N–H and O–H groups in total. The monoisotopic (exact) mass is 333 g/mol. The van der Waals surface area contributed by atoms with Crippen LogP contribution in [0.2, 0.25) is 5.02 Å². The predicted molar refractivity (Wildman–Crippen MR) is 86.5 cm³/mol. The number of aromatic nitrogens is 2. The summed E-state index contributed by atoms with van der Waals surface area (Å²) in [7, 11) is 0. The molecule has 0 saturated heterocycles. The maximum Gasteiger partial charge on any atom is 0.267 e. The first kappa shape index (κ1) is 15.7. The van der Waals surface area contributed by atoms with E-state index in [4.69, 9.17) is 16.3 Å². The first-order chi connectivity index (χ1) is 10.9. The van der Waals surface area contributed by atoms with Crippen LogP contribution in [0.15, 0.2) is 29.1 Å². The summed E-state index contributed by atoms with van der Waals surface area (Å²) in [5, 5.41) is 7.53. The number of fused-ring (bicyclic) bond motifs is 1. The highest BCUT2D eigenvalue weighted by Crippen LogP contribution is 2.26. The van der Waals surface area contributed by atoms with Gasteiger partial charge < -0.3 is 10.1 Å². The van der Waals surface area contributed by atoms with Gasteiger partial charge in [0.1, 0.15) is 6.54 Å². The molecule has 0 fully saturated rings. The molecule has 1 aromatic carbocycles. The van der Waals surface area contributed by atoms with Crippen LogP contribution in [0.5, 0.6) is 0 Å². The van der Waals surface area contributed by atoms with Gasteiger partial charge >= 0.3 is 0 Å². The van der Waals surface area contributed by atoms with E-state index in [1.807, 2.05) is 19.9 Å². The number of anilines is 1. The predicted octanol–water partition coefficient (Wildman–Crippen LogP) is 2.44. The Kier molecular flexibility index (Phi) is 4.19. The molecule has 0 aliphatic carbocycles. The third-order valence-electron chi connectivity index (χ3n) is 3.75. The third-order valence-corrected chi connectivity index (χ3v) is 3.99. The molecule has 1 aliphatic rings. The molecule has 6 nitrogen and oxygen atoms in total. The number of nitrogens with one attached hydrogen (secondary N) is 1. The maximum atomic E-state index is 12.2. The fourth-order valence-electron chi connectivity index (χ4n) is 2.46. The summed E-state index contributed by atoms with van der Waals surface area (Å²) in [4.78, 5) is 24.2. The first-order valence-corrected chi connectivity index (χ1v) is 7.60. The van der Waals surface area contributed by atoms with E-state index < -0.39 is 0 Å². The molecular weight excluding hydrogens is 318 g/mol. The minimum absolute atomic E-state index is 0.162. The van der Waals surface area contributed by atoms with Crippen molar-refractivity contribution >= 4 is 23.2 Å². The minimum atomic E-state index is -0.337. The number of aryl methyl sites for hydroxylation is 1. The van der Waals surface area contributed by atoms with Crippen molar-refractivity contribution in [3.8, 4) is 0 Å². The SMILES string of the molecule is Cc1ccc(Cl)cc1NC(=O)Cn1nc2c(cc1=O)CO[C@H]2C. The maximum absolute atomic E-state index is 12.2. The second-order valence-corrected chi connectivity index (χ2v) is 5.95. The number of hydrogen-bond donors (Lipinski definition) is 1. The number of benzene rings is 1. The van der Waals surface area contributed by atoms with Gasteiger partial charge in [-0.3, -0.25) is 9.59 Å². The van der Waals surface area contributed by atoms with Gasteiger partial charge in [0.05, 0.1) is 18.4 Å². The molecule has 1 amide bonds. The summed E-state index contributed by atoms with van der Waals surface area (Å²) in [6.45, 7) is 3.95. The van der Waals surface area contributed by atoms with Crippen LogP contribution in [0.1, 0.15) is 29.8 Å². The second-order valence-electron chi connectivity index (χ2n) is 5.51. The summed E-state index contributed by atoms with van der Waals surface area (Å²) in [5.41, 5.74) is 2.67. The van der Waals surface area contributed by atoms with E-state index in [-0.39, 0.29) is 24.1 Å². The Morgan fingerprint density at radius 1 is 1.48 bits per heavy atom. The lowest BCUT2D eigenvalue weighted by molar-refractivity contribution is -0.117. The molecule has 1 aromatic heterocycles. The summed E-state index contributed by atoms with van der Waals surface area (Å²) in [5.74, 6) is -0.337. The quantitative estimate of drug-likeness (QED) is 0.936. The van der Waals surface area contributed by atoms with E-state index in [1.165, 1.54) is 6.07 Å². The second kappa shape index (κ2) is 6.14. The molecule has 2 heterocycles. The van der Waals surface area contributed by atoms with E-state index in [1.54, 1.807) is 12.1 Å². The lowest BCUT2D eigenvalue weighted by Crippen LogP contribution is -2.30. The number of nitrogens with zero attached hydrogens (tertiary/aromatic N) is 2. The zero-order valence-corrected chi connectivity index (χ0v) is 13.6. The Labute approximate surface area is 138 Å². The molecule has 0 unspecified atom stereocenters. The fraction of sp³-hybridized carbons (Fsp3) is 0.312. The van der Waals surface area contributed by atoms with Gasteiger partial charge in [0.15, 0.2) is 0 Å². The summed E-state index contributed by atoms with van der Waals surface area (Å²) in [6, 6.07) is 6.71. The normalized spacial score (nSPS) is 16.2. The van der Waals surface area contributed by atoms with Crippen molar-refractivity contribution in [2.24, 2.45) is 0 Å². The highest BCUT2D eigenvalue weighted by atomic mass is 35.5. The fourth-order valence-corrected chi connectivity index (χ4v) is 2.63. The van der Waals surface area contributed by atoms with Gasteiger partial charge in [0, 0.05) is 22.3 Å². The van der Waals surface area contributed by atoms with Crippen molar-refractivity contribution in [2.75, 3.05) is 5.32 Å². The molecule has 0 spiro atoms. The number of rotatable bonds is 3. The molecule has 0 bridgehead atoms. The Balaban J connectivity index is 1.80. The Morgan fingerprint density at radius 3 is 3.04 bits per heavy atom. The number of amides is 1. The Morgan fingerprint density at radius 2 is 2.26 bits per heavy atom. The van der Waals surface area contributed by atoms with Crippen LogP contribution < -0.4 is 10.9 Å². The van der Waals surface area contributed by atoms with Gasteiger partial charge in [-0.15, -0.1) is 0 Å². The van der Waals surface area contributed by atoms with E-state index in [9.17, 15) is 9.59 Å². The highest BCUT2D eigenvalue weighted by Gasteiger charge is 2.23. The number of carbonyl (C=O) groups is 1. The van der Waals surface area contributed by atoms with Crippen molar-refractivity contribution in [1.82, 2.24) is 9.78 Å². The summed E-state index contributed by atoms with van der Waals surface area (Å²) < 4.78 is 6.58. The number of ether oxygens (including phenoxy) is 1. The van der Waals surface area contributed by atoms with Crippen molar-refractivity contribution in [2.45, 2.75) is 33.1 Å². The van der Waals surface area contributed by atoms with E-state index in [0.29, 0.717) is 23.0 Å². The lowest BCUT2D eigenvalue weighted by atomic mass is 10.2. The summed E-state index contributed by atoms with van der Waals surface area (Å²) in [6.07, 6.45) is -0.171. The molecule has 120 valence electrons. The van der Waals surface area contributed by atoms with Crippen LogP contribution in [-0.2, 0) is 22.7 Å². The number of halogens is 1. The van der Waals surface area contributed by atoms with Crippen molar-refractivity contribution in [1.29, 1.82) is 0 Å². The topological polar surface area (TPSA) is 73.2 Å². The van der Waals surface area contributed by atoms with Crippen LogP contribution >= 0.6 is 11.6 Å². The van der Waals surface area contributed by atoms with Gasteiger partial charge in [-0.05, 0) is 31.5 Å². The zero-order valence-electron chi connectivity index (χ0n) is 12.8. The Hall–Kier alpha value is -2.18. The van der Waals surface area contributed by atoms with E-state index >= 15 is 0 Å². The average Bonchev–Trinajstić information content (AvgIpc) is 2.84. The molecular formula is C16H16ClN3O3. The standard InChI is InChI=1S/C16H16ClN3O3/c1-9-3-4-12(17)6-13(9)18-14(21)7-20-15(22)5-11-8-23-10(2)16(11)19-20/h3-6,10H,7-8H2,1-2H3,(H,18,21)/t10-/m0/s1. The molecule has 23 heavy (non-hydrogen) atoms. The third kappa shape index (κ3) is 3.28. The van der Waals surface area contributed by atoms with Gasteiger partial charge in [-0.2, -0.15) is 5.10 Å². The highest BCUT2D eigenvalue weighted by molar-refractivity contribution is 6.31. The van der Waals surface area contributed by atoms with Crippen molar-refractivity contribution in [3.05, 3.63) is 56.5 Å². The molecule has 1 atom stereocenters. The lowest BCUT2D eigenvalue weighted by Gasteiger charge is -2.11. The van der Waals surface area contributed by atoms with Crippen LogP contribution in [0.3, 0.4) is 0 Å². The van der Waals surface area contributed by atoms with Crippen LogP contribution in [0.25, 0.3) is 0 Å². The molecule has 0 saturated carbocycles. The van der Waals surface area contributed by atoms with Crippen LogP contribution in [0.4, 0.5) is 5.69 Å². The molecule has 0 radical (unpaired) electrons. The minimum Gasteiger partial charge on any atom is -0.367 e. The number of carbonyl (C=O) groups excluding carboxylic acids is 1. The Bertz CT molecular complexity index is 832. The van der Waals surface area contributed by atoms with E-state index in [2.05, 4.69) is 10.4 Å². The van der Waals surface area contributed by atoms with Crippen molar-refractivity contribution < 1.29 is 9.53 Å².